The van der Waals surface area contributed by atoms with Gasteiger partial charge in [0.25, 0.3) is 0 Å². The van der Waals surface area contributed by atoms with Crippen molar-refractivity contribution in [1.82, 2.24) is 0 Å². The summed E-state index contributed by atoms with van der Waals surface area (Å²) in [5, 5.41) is 20.3. The lowest BCUT2D eigenvalue weighted by Crippen LogP contribution is -2.28. The van der Waals surface area contributed by atoms with E-state index < -0.39 is 12.2 Å². The van der Waals surface area contributed by atoms with Gasteiger partial charge < -0.3 is 10.2 Å². The molecule has 4 unspecified atom stereocenters. The molecule has 0 bridgehead atoms. The van der Waals surface area contributed by atoms with Gasteiger partial charge >= 0.3 is 0 Å². The Bertz CT molecular complexity index is 487. The maximum absolute atomic E-state index is 10.2. The van der Waals surface area contributed by atoms with Gasteiger partial charge in [-0.3, -0.25) is 0 Å². The minimum absolute atomic E-state index is 0.298. The third-order valence-corrected chi connectivity index (χ3v) is 3.89. The average molecular weight is 294 g/mol. The van der Waals surface area contributed by atoms with Gasteiger partial charge in [0.05, 0.1) is 12.2 Å². The van der Waals surface area contributed by atoms with E-state index in [-0.39, 0.29) is 11.8 Å². The molecule has 0 aliphatic carbocycles. The Balaban J connectivity index is 1.88. The van der Waals surface area contributed by atoms with Crippen molar-refractivity contribution in [2.45, 2.75) is 36.9 Å². The highest BCUT2D eigenvalue weighted by Gasteiger charge is 2.22. The summed E-state index contributed by atoms with van der Waals surface area (Å²) < 4.78 is 0. The van der Waals surface area contributed by atoms with Crippen molar-refractivity contribution in [3.63, 3.8) is 0 Å². The van der Waals surface area contributed by atoms with Gasteiger partial charge in [0.2, 0.25) is 0 Å². The van der Waals surface area contributed by atoms with E-state index in [9.17, 15) is 10.2 Å². The van der Waals surface area contributed by atoms with E-state index in [4.69, 9.17) is 13.8 Å². The first-order chi connectivity index (χ1) is 10.6. The molecule has 0 amide bonds. The smallest absolute Gasteiger partial charge is 0.0805 e. The van der Waals surface area contributed by atoms with E-state index >= 15 is 0 Å². The van der Waals surface area contributed by atoms with Crippen LogP contribution in [0.15, 0.2) is 60.7 Å². The fourth-order valence-corrected chi connectivity index (χ4v) is 2.51. The number of aliphatic hydroxyl groups is 2. The van der Waals surface area contributed by atoms with Crippen molar-refractivity contribution in [3.8, 4) is 0 Å². The van der Waals surface area contributed by atoms with Crippen LogP contribution in [-0.2, 0) is 0 Å². The summed E-state index contributed by atoms with van der Waals surface area (Å²) in [6.07, 6.45) is -1.20. The molecule has 0 aromatic heterocycles. The lowest BCUT2D eigenvalue weighted by atomic mass is 9.88. The minimum Gasteiger partial charge on any atom is -0.390 e. The first-order valence-corrected chi connectivity index (χ1v) is 7.55. The van der Waals surface area contributed by atoms with E-state index in [2.05, 4.69) is 0 Å². The fraction of sp³-hybridized carbons (Fsp3) is 0.300. The van der Waals surface area contributed by atoms with Gasteiger partial charge in [-0.05, 0) is 49.7 Å². The molecule has 4 radical (unpaired) electrons. The van der Waals surface area contributed by atoms with Crippen molar-refractivity contribution in [2.24, 2.45) is 0 Å². The Morgan fingerprint density at radius 1 is 0.636 bits per heavy atom. The van der Waals surface area contributed by atoms with Crippen LogP contribution >= 0.6 is 0 Å². The van der Waals surface area contributed by atoms with Gasteiger partial charge in [0.15, 0.2) is 0 Å². The van der Waals surface area contributed by atoms with E-state index in [1.54, 1.807) is 0 Å². The zero-order valence-corrected chi connectivity index (χ0v) is 12.5. The monoisotopic (exact) mass is 294 g/mol. The molecule has 2 N–H and O–H groups in total. The molecule has 0 aliphatic rings. The molecule has 2 heteroatoms. The highest BCUT2D eigenvalue weighted by atomic mass is 16.3. The highest BCUT2D eigenvalue weighted by molar-refractivity contribution is 5.21. The van der Waals surface area contributed by atoms with Gasteiger partial charge in [-0.25, -0.2) is 0 Å². The molecule has 4 atom stereocenters. The molecule has 22 heavy (non-hydrogen) atoms. The van der Waals surface area contributed by atoms with E-state index in [1.165, 1.54) is 0 Å². The summed E-state index contributed by atoms with van der Waals surface area (Å²) in [5.74, 6) is -0.613. The van der Waals surface area contributed by atoms with Crippen LogP contribution in [0.3, 0.4) is 0 Å². The SMILES string of the molecule is [CH]C(CC(O)C(O)CC([CH])c1ccccc1)c1ccccc1. The van der Waals surface area contributed by atoms with Crippen molar-refractivity contribution in [3.05, 3.63) is 85.6 Å². The van der Waals surface area contributed by atoms with Crippen LogP contribution in [0.4, 0.5) is 0 Å². The molecule has 2 rings (SSSR count). The summed E-state index contributed by atoms with van der Waals surface area (Å²) in [7, 11) is 0. The predicted octanol–water partition coefficient (Wildman–Crippen LogP) is 3.48. The molecule has 0 heterocycles. The summed E-state index contributed by atoms with van der Waals surface area (Å²) in [6.45, 7) is 12.1. The molecule has 0 aliphatic heterocycles. The van der Waals surface area contributed by atoms with Gasteiger partial charge in [0, 0.05) is 0 Å². The minimum atomic E-state index is -0.898. The lowest BCUT2D eigenvalue weighted by Gasteiger charge is -2.24. The van der Waals surface area contributed by atoms with Crippen LogP contribution in [0.25, 0.3) is 0 Å². The molecule has 0 saturated carbocycles. The molecule has 0 saturated heterocycles. The standard InChI is InChI=1S/C20H22O2/c1-15(17-9-5-3-6-10-17)13-19(21)20(22)14-16(2)18-11-7-4-8-12-18/h1-12,15-16,19-22H,13-14H2. The molecule has 0 fully saturated rings. The molecule has 2 aromatic carbocycles. The van der Waals surface area contributed by atoms with Crippen LogP contribution in [0.1, 0.15) is 35.8 Å². The Morgan fingerprint density at radius 2 is 0.955 bits per heavy atom. The van der Waals surface area contributed by atoms with Gasteiger partial charge in [-0.2, -0.15) is 0 Å². The first-order valence-electron chi connectivity index (χ1n) is 7.55. The molecular formula is C20H22O2. The number of aliphatic hydroxyl groups excluding tert-OH is 2. The largest absolute Gasteiger partial charge is 0.390 e. The maximum atomic E-state index is 10.2. The first kappa shape index (κ1) is 16.7. The Labute approximate surface area is 133 Å². The van der Waals surface area contributed by atoms with Gasteiger partial charge in [-0.1, -0.05) is 60.7 Å². The van der Waals surface area contributed by atoms with Crippen molar-refractivity contribution in [2.75, 3.05) is 0 Å². The molecule has 114 valence electrons. The van der Waals surface area contributed by atoms with Crippen LogP contribution < -0.4 is 0 Å². The van der Waals surface area contributed by atoms with Gasteiger partial charge in [-0.15, -0.1) is 0 Å². The summed E-state index contributed by atoms with van der Waals surface area (Å²) in [5.41, 5.74) is 1.89. The van der Waals surface area contributed by atoms with Crippen LogP contribution in [0.5, 0.6) is 0 Å². The third-order valence-electron chi connectivity index (χ3n) is 3.89. The quantitative estimate of drug-likeness (QED) is 0.821. The Morgan fingerprint density at radius 3 is 1.27 bits per heavy atom. The second-order valence-corrected chi connectivity index (χ2v) is 5.64. The molecule has 2 nitrogen and oxygen atoms in total. The highest BCUT2D eigenvalue weighted by Crippen LogP contribution is 2.25. The van der Waals surface area contributed by atoms with Gasteiger partial charge in [0.1, 0.15) is 0 Å². The fourth-order valence-electron chi connectivity index (χ4n) is 2.51. The molecule has 2 aromatic rings. The van der Waals surface area contributed by atoms with Crippen molar-refractivity contribution >= 4 is 0 Å². The van der Waals surface area contributed by atoms with Crippen LogP contribution in [-0.4, -0.2) is 22.4 Å². The maximum Gasteiger partial charge on any atom is 0.0805 e. The predicted molar refractivity (Wildman–Crippen MR) is 88.2 cm³/mol. The second-order valence-electron chi connectivity index (χ2n) is 5.64. The second kappa shape index (κ2) is 8.11. The lowest BCUT2D eigenvalue weighted by molar-refractivity contribution is 0.00588. The molecule has 0 spiro atoms. The average Bonchev–Trinajstić information content (AvgIpc) is 2.56. The van der Waals surface area contributed by atoms with Crippen molar-refractivity contribution in [1.29, 1.82) is 0 Å². The number of benzene rings is 2. The topological polar surface area (TPSA) is 40.5 Å². The zero-order chi connectivity index (χ0) is 15.9. The van der Waals surface area contributed by atoms with Crippen LogP contribution in [0, 0.1) is 13.8 Å². The summed E-state index contributed by atoms with van der Waals surface area (Å²) in [6, 6.07) is 19.1. The zero-order valence-electron chi connectivity index (χ0n) is 12.5. The Kier molecular flexibility index (Phi) is 6.17. The summed E-state index contributed by atoms with van der Waals surface area (Å²) in [4.78, 5) is 0. The Hall–Kier alpha value is -1.64. The molecular weight excluding hydrogens is 272 g/mol. The normalized spacial score (nSPS) is 16.7. The third kappa shape index (κ3) is 4.69. The van der Waals surface area contributed by atoms with Crippen LogP contribution in [0.2, 0.25) is 0 Å². The van der Waals surface area contributed by atoms with E-state index in [0.717, 1.165) is 11.1 Å². The van der Waals surface area contributed by atoms with E-state index in [0.29, 0.717) is 12.8 Å². The van der Waals surface area contributed by atoms with Crippen molar-refractivity contribution < 1.29 is 10.2 Å². The van der Waals surface area contributed by atoms with E-state index in [1.807, 2.05) is 60.7 Å². The summed E-state index contributed by atoms with van der Waals surface area (Å²) >= 11 is 0. The number of rotatable bonds is 7. The number of hydrogen-bond acceptors (Lipinski definition) is 2. The number of hydrogen-bond donors (Lipinski definition) is 2.